The number of rotatable bonds is 4. The monoisotopic (exact) mass is 560 g/mol. The Morgan fingerprint density at radius 2 is 1.43 bits per heavy atom. The highest BCUT2D eigenvalue weighted by atomic mass is 32.1. The maximum absolute atomic E-state index is 10.6. The molecule has 0 radical (unpaired) electrons. The average molecular weight is 561 g/mol. The Labute approximate surface area is 211 Å². The molecular weight excluding hydrogens is 534 g/mol. The number of carboxylic acids is 2. The van der Waals surface area contributed by atoms with Crippen LogP contribution in [0.3, 0.4) is 0 Å². The molecule has 4 heterocycles. The summed E-state index contributed by atoms with van der Waals surface area (Å²) in [4.78, 5) is 27.3. The van der Waals surface area contributed by atoms with Gasteiger partial charge >= 0.3 is 24.3 Å². The van der Waals surface area contributed by atoms with Crippen LogP contribution in [-0.2, 0) is 35.8 Å². The number of aliphatic carboxylic acids is 2. The Morgan fingerprint density at radius 1 is 0.892 bits per heavy atom. The Kier molecular flexibility index (Phi) is 10.8. The molecule has 17 heteroatoms. The van der Waals surface area contributed by atoms with Gasteiger partial charge in [-0.1, -0.05) is 0 Å². The number of fused-ring (bicyclic) bond motifs is 1. The van der Waals surface area contributed by atoms with Crippen LogP contribution in [0, 0.1) is 6.92 Å². The number of likely N-dealkylation sites (tertiary alicyclic amines) is 1. The molecule has 10 nitrogen and oxygen atoms in total. The van der Waals surface area contributed by atoms with Crippen LogP contribution in [-0.4, -0.2) is 83.7 Å². The van der Waals surface area contributed by atoms with Crippen molar-refractivity contribution in [3.8, 4) is 0 Å². The van der Waals surface area contributed by atoms with Gasteiger partial charge in [-0.25, -0.2) is 14.6 Å². The number of hydrogen-bond acceptors (Lipinski definition) is 8. The molecule has 0 unspecified atom stereocenters. The average Bonchev–Trinajstić information content (AvgIpc) is 3.49. The van der Waals surface area contributed by atoms with Crippen LogP contribution >= 0.6 is 11.3 Å². The molecule has 2 aliphatic heterocycles. The number of halogens is 6. The lowest BCUT2D eigenvalue weighted by Crippen LogP contribution is -2.23. The Hall–Kier alpha value is -2.79. The Morgan fingerprint density at radius 3 is 1.92 bits per heavy atom. The molecule has 0 amide bonds. The van der Waals surface area contributed by atoms with Gasteiger partial charge in [-0.05, 0) is 39.3 Å². The van der Waals surface area contributed by atoms with E-state index >= 15 is 0 Å². The van der Waals surface area contributed by atoms with Gasteiger partial charge in [0, 0.05) is 25.0 Å². The predicted octanol–water partition coefficient (Wildman–Crippen LogP) is 3.31. The molecule has 37 heavy (non-hydrogen) atoms. The highest BCUT2D eigenvalue weighted by molar-refractivity contribution is 7.09. The lowest BCUT2D eigenvalue weighted by Gasteiger charge is -2.17. The standard InChI is InChI=1S/C16H24N6S.2C2HF3O2/c1-13-17-14(12-23-13)9-21-7-4-8-22-15(18-19-16(22)11-21)10-20-5-2-3-6-20;2*3-2(4,5)1(6)7/h12H,2-11H2,1H3;2*(H,6,7). The molecule has 2 N–H and O–H groups in total. The minimum absolute atomic E-state index is 0.879. The minimum Gasteiger partial charge on any atom is -0.475 e. The zero-order valence-corrected chi connectivity index (χ0v) is 20.5. The molecule has 0 spiro atoms. The van der Waals surface area contributed by atoms with E-state index in [9.17, 15) is 26.3 Å². The van der Waals surface area contributed by atoms with Crippen molar-refractivity contribution in [1.29, 1.82) is 0 Å². The third kappa shape index (κ3) is 10.2. The van der Waals surface area contributed by atoms with Crippen LogP contribution < -0.4 is 0 Å². The highest BCUT2D eigenvalue weighted by Crippen LogP contribution is 2.19. The molecule has 2 aliphatic rings. The van der Waals surface area contributed by atoms with E-state index in [1.54, 1.807) is 11.3 Å². The number of aromatic nitrogens is 4. The number of thiazole rings is 1. The minimum atomic E-state index is -5.08. The quantitative estimate of drug-likeness (QED) is 0.542. The summed E-state index contributed by atoms with van der Waals surface area (Å²) in [6.45, 7) is 9.37. The summed E-state index contributed by atoms with van der Waals surface area (Å²) in [5.74, 6) is -3.25. The fourth-order valence-electron chi connectivity index (χ4n) is 3.58. The van der Waals surface area contributed by atoms with Crippen LogP contribution in [0.2, 0.25) is 0 Å². The lowest BCUT2D eigenvalue weighted by molar-refractivity contribution is -0.193. The van der Waals surface area contributed by atoms with E-state index in [2.05, 4.69) is 41.9 Å². The van der Waals surface area contributed by atoms with E-state index in [4.69, 9.17) is 19.8 Å². The Balaban J connectivity index is 0.000000286. The van der Waals surface area contributed by atoms with Crippen molar-refractivity contribution >= 4 is 23.3 Å². The molecule has 0 atom stereocenters. The first-order chi connectivity index (χ1) is 17.2. The second kappa shape index (κ2) is 13.1. The van der Waals surface area contributed by atoms with E-state index in [-0.39, 0.29) is 0 Å². The summed E-state index contributed by atoms with van der Waals surface area (Å²) in [7, 11) is 0. The molecule has 4 rings (SSSR count). The van der Waals surface area contributed by atoms with Gasteiger partial charge in [-0.3, -0.25) is 9.80 Å². The van der Waals surface area contributed by atoms with Crippen LogP contribution in [0.1, 0.15) is 41.6 Å². The fourth-order valence-corrected chi connectivity index (χ4v) is 4.19. The third-order valence-corrected chi connectivity index (χ3v) is 6.05. The molecule has 208 valence electrons. The smallest absolute Gasteiger partial charge is 0.475 e. The van der Waals surface area contributed by atoms with Crippen LogP contribution in [0.4, 0.5) is 26.3 Å². The molecule has 1 fully saturated rings. The lowest BCUT2D eigenvalue weighted by atomic mass is 10.3. The molecule has 0 saturated carbocycles. The summed E-state index contributed by atoms with van der Waals surface area (Å²) in [6.07, 6.45) is -6.37. The molecule has 2 aromatic rings. The maximum Gasteiger partial charge on any atom is 0.490 e. The van der Waals surface area contributed by atoms with Gasteiger partial charge in [0.1, 0.15) is 11.6 Å². The van der Waals surface area contributed by atoms with E-state index in [1.807, 2.05) is 0 Å². The summed E-state index contributed by atoms with van der Waals surface area (Å²) in [5.41, 5.74) is 1.18. The van der Waals surface area contributed by atoms with Crippen LogP contribution in [0.15, 0.2) is 5.38 Å². The largest absolute Gasteiger partial charge is 0.490 e. The molecule has 0 bridgehead atoms. The van der Waals surface area contributed by atoms with Crippen molar-refractivity contribution in [2.24, 2.45) is 0 Å². The zero-order valence-electron chi connectivity index (χ0n) is 19.7. The second-order valence-corrected chi connectivity index (χ2v) is 9.26. The van der Waals surface area contributed by atoms with Gasteiger partial charge in [-0.2, -0.15) is 26.3 Å². The third-order valence-electron chi connectivity index (χ3n) is 5.23. The highest BCUT2D eigenvalue weighted by Gasteiger charge is 2.38. The van der Waals surface area contributed by atoms with E-state index in [0.29, 0.717) is 0 Å². The molecule has 1 saturated heterocycles. The molecular formula is C20H26F6N6O4S. The zero-order chi connectivity index (χ0) is 27.8. The van der Waals surface area contributed by atoms with E-state index in [0.717, 1.165) is 55.8 Å². The van der Waals surface area contributed by atoms with E-state index < -0.39 is 24.3 Å². The summed E-state index contributed by atoms with van der Waals surface area (Å²) in [6, 6.07) is 0. The normalized spacial score (nSPS) is 16.6. The topological polar surface area (TPSA) is 125 Å². The van der Waals surface area contributed by atoms with Gasteiger partial charge in [0.2, 0.25) is 0 Å². The second-order valence-electron chi connectivity index (χ2n) is 8.20. The van der Waals surface area contributed by atoms with Crippen molar-refractivity contribution in [2.75, 3.05) is 19.6 Å². The van der Waals surface area contributed by atoms with Crippen LogP contribution in [0.25, 0.3) is 0 Å². The van der Waals surface area contributed by atoms with Gasteiger partial charge < -0.3 is 14.8 Å². The SMILES string of the molecule is Cc1nc(CN2CCCn3c(CN4CCCC4)nnc3C2)cs1.O=C(O)C(F)(F)F.O=C(O)C(F)(F)F. The van der Waals surface area contributed by atoms with Crippen molar-refractivity contribution in [3.63, 3.8) is 0 Å². The summed E-state index contributed by atoms with van der Waals surface area (Å²) in [5, 5.41) is 26.5. The number of carboxylic acid groups (broad SMARTS) is 2. The molecule has 2 aromatic heterocycles. The summed E-state index contributed by atoms with van der Waals surface area (Å²) < 4.78 is 65.8. The van der Waals surface area contributed by atoms with Gasteiger partial charge in [0.15, 0.2) is 0 Å². The summed E-state index contributed by atoms with van der Waals surface area (Å²) >= 11 is 1.73. The van der Waals surface area contributed by atoms with Crippen molar-refractivity contribution < 1.29 is 46.1 Å². The molecule has 0 aliphatic carbocycles. The van der Waals surface area contributed by atoms with Gasteiger partial charge in [0.25, 0.3) is 0 Å². The van der Waals surface area contributed by atoms with Gasteiger partial charge in [0.05, 0.1) is 23.8 Å². The predicted molar refractivity (Wildman–Crippen MR) is 117 cm³/mol. The number of aryl methyl sites for hydroxylation is 1. The van der Waals surface area contributed by atoms with Crippen molar-refractivity contribution in [2.45, 2.75) is 64.7 Å². The van der Waals surface area contributed by atoms with E-state index in [1.165, 1.54) is 31.6 Å². The van der Waals surface area contributed by atoms with Crippen molar-refractivity contribution in [3.05, 3.63) is 27.7 Å². The number of hydrogen-bond donors (Lipinski definition) is 2. The van der Waals surface area contributed by atoms with Crippen molar-refractivity contribution in [1.82, 2.24) is 29.5 Å². The van der Waals surface area contributed by atoms with Gasteiger partial charge in [-0.15, -0.1) is 21.5 Å². The Bertz CT molecular complexity index is 1010. The first-order valence-corrected chi connectivity index (χ1v) is 11.9. The van der Waals surface area contributed by atoms with Crippen LogP contribution in [0.5, 0.6) is 0 Å². The number of alkyl halides is 6. The first-order valence-electron chi connectivity index (χ1n) is 11.0. The number of carbonyl (C=O) groups is 2. The fraction of sp³-hybridized carbons (Fsp3) is 0.650. The molecule has 0 aromatic carbocycles. The maximum atomic E-state index is 10.6. The first kappa shape index (κ1) is 30.4. The number of nitrogens with zero attached hydrogens (tertiary/aromatic N) is 6.